The lowest BCUT2D eigenvalue weighted by atomic mass is 10.1. The molecule has 0 unspecified atom stereocenters. The number of phenolic OH excluding ortho intramolecular Hbond substituents is 1. The summed E-state index contributed by atoms with van der Waals surface area (Å²) in [6, 6.07) is 6.14. The van der Waals surface area contributed by atoms with Crippen molar-refractivity contribution in [3.8, 4) is 17.0 Å². The van der Waals surface area contributed by atoms with E-state index in [4.69, 9.17) is 10.2 Å². The predicted molar refractivity (Wildman–Crippen MR) is 54.0 cm³/mol. The van der Waals surface area contributed by atoms with E-state index in [1.54, 1.807) is 12.1 Å². The Bertz CT molecular complexity index is 492. The summed E-state index contributed by atoms with van der Waals surface area (Å²) in [6.45, 7) is 0. The van der Waals surface area contributed by atoms with Crippen molar-refractivity contribution in [3.63, 3.8) is 0 Å². The maximum absolute atomic E-state index is 10.8. The Hall–Kier alpha value is -1.95. The van der Waals surface area contributed by atoms with Gasteiger partial charge in [-0.05, 0) is 35.8 Å². The molecule has 0 radical (unpaired) electrons. The van der Waals surface area contributed by atoms with E-state index >= 15 is 0 Å². The SMILES string of the molecule is O=C(O)c1snnc1-c1ccc(O)cc1. The molecule has 0 amide bonds. The Balaban J connectivity index is 2.49. The lowest BCUT2D eigenvalue weighted by Gasteiger charge is -1.97. The summed E-state index contributed by atoms with van der Waals surface area (Å²) in [5.41, 5.74) is 0.950. The third kappa shape index (κ3) is 1.79. The van der Waals surface area contributed by atoms with Gasteiger partial charge >= 0.3 is 5.97 Å². The molecule has 6 heteroatoms. The Labute approximate surface area is 88.8 Å². The van der Waals surface area contributed by atoms with Crippen LogP contribution < -0.4 is 0 Å². The number of nitrogens with zero attached hydrogens (tertiary/aromatic N) is 2. The van der Waals surface area contributed by atoms with Gasteiger partial charge in [-0.3, -0.25) is 0 Å². The van der Waals surface area contributed by atoms with Crippen LogP contribution in [-0.2, 0) is 0 Å². The third-order valence-corrected chi connectivity index (χ3v) is 2.54. The number of aromatic hydroxyl groups is 1. The van der Waals surface area contributed by atoms with Crippen LogP contribution in [0.2, 0.25) is 0 Å². The number of carboxylic acids is 1. The molecule has 0 aliphatic heterocycles. The van der Waals surface area contributed by atoms with Gasteiger partial charge in [-0.2, -0.15) is 0 Å². The van der Waals surface area contributed by atoms with Crippen molar-refractivity contribution in [2.24, 2.45) is 0 Å². The first-order chi connectivity index (χ1) is 7.18. The lowest BCUT2D eigenvalue weighted by Crippen LogP contribution is -1.95. The molecular formula is C9H6N2O3S. The highest BCUT2D eigenvalue weighted by atomic mass is 32.1. The van der Waals surface area contributed by atoms with E-state index in [1.165, 1.54) is 12.1 Å². The second-order valence-corrected chi connectivity index (χ2v) is 3.56. The highest BCUT2D eigenvalue weighted by molar-refractivity contribution is 7.08. The van der Waals surface area contributed by atoms with Crippen LogP contribution in [0.3, 0.4) is 0 Å². The van der Waals surface area contributed by atoms with E-state index in [-0.39, 0.29) is 10.6 Å². The van der Waals surface area contributed by atoms with Crippen LogP contribution in [0.15, 0.2) is 24.3 Å². The lowest BCUT2D eigenvalue weighted by molar-refractivity contribution is 0.0702. The van der Waals surface area contributed by atoms with Crippen LogP contribution in [0, 0.1) is 0 Å². The molecule has 0 atom stereocenters. The molecule has 0 aliphatic carbocycles. The molecule has 2 aromatic rings. The third-order valence-electron chi connectivity index (χ3n) is 1.82. The van der Waals surface area contributed by atoms with Gasteiger partial charge in [0.2, 0.25) is 0 Å². The van der Waals surface area contributed by atoms with Crippen LogP contribution >= 0.6 is 11.5 Å². The first-order valence-corrected chi connectivity index (χ1v) is 4.81. The normalized spacial score (nSPS) is 10.1. The predicted octanol–water partition coefficient (Wildman–Crippen LogP) is 1.61. The molecule has 0 fully saturated rings. The minimum absolute atomic E-state index is 0.0979. The second-order valence-electron chi connectivity index (χ2n) is 2.80. The molecule has 76 valence electrons. The average Bonchev–Trinajstić information content (AvgIpc) is 2.67. The van der Waals surface area contributed by atoms with Crippen LogP contribution in [0.4, 0.5) is 0 Å². The summed E-state index contributed by atoms with van der Waals surface area (Å²) in [7, 11) is 0. The Morgan fingerprint density at radius 1 is 1.27 bits per heavy atom. The van der Waals surface area contributed by atoms with Crippen molar-refractivity contribution >= 4 is 17.5 Å². The van der Waals surface area contributed by atoms with E-state index in [0.717, 1.165) is 11.5 Å². The van der Waals surface area contributed by atoms with Gasteiger partial charge in [0.05, 0.1) is 0 Å². The quantitative estimate of drug-likeness (QED) is 0.806. The van der Waals surface area contributed by atoms with Gasteiger partial charge in [0.1, 0.15) is 11.4 Å². The maximum Gasteiger partial charge on any atom is 0.349 e. The zero-order valence-corrected chi connectivity index (χ0v) is 8.23. The summed E-state index contributed by atoms with van der Waals surface area (Å²) in [5.74, 6) is -0.924. The first kappa shape index (κ1) is 9.60. The van der Waals surface area contributed by atoms with Gasteiger partial charge in [0.15, 0.2) is 4.88 Å². The van der Waals surface area contributed by atoms with Crippen LogP contribution in [0.25, 0.3) is 11.3 Å². The number of phenols is 1. The summed E-state index contributed by atoms with van der Waals surface area (Å²) >= 11 is 0.834. The molecule has 1 aromatic heterocycles. The van der Waals surface area contributed by atoms with Gasteiger partial charge in [0.25, 0.3) is 0 Å². The van der Waals surface area contributed by atoms with Crippen LogP contribution in [-0.4, -0.2) is 25.8 Å². The van der Waals surface area contributed by atoms with E-state index in [2.05, 4.69) is 9.59 Å². The van der Waals surface area contributed by atoms with Gasteiger partial charge in [-0.25, -0.2) is 4.79 Å². The monoisotopic (exact) mass is 222 g/mol. The standard InChI is InChI=1S/C9H6N2O3S/c12-6-3-1-5(2-4-6)7-8(9(13)14)15-11-10-7/h1-4,12H,(H,13,14). The van der Waals surface area contributed by atoms with Crippen LogP contribution in [0.1, 0.15) is 9.67 Å². The zero-order chi connectivity index (χ0) is 10.8. The van der Waals surface area contributed by atoms with Gasteiger partial charge in [0, 0.05) is 5.56 Å². The molecule has 2 N–H and O–H groups in total. The number of carbonyl (C=O) groups is 1. The van der Waals surface area contributed by atoms with Crippen molar-refractivity contribution < 1.29 is 15.0 Å². The molecular weight excluding hydrogens is 216 g/mol. The molecule has 0 bridgehead atoms. The summed E-state index contributed by atoms with van der Waals surface area (Å²) in [6.07, 6.45) is 0. The molecule has 1 heterocycles. The van der Waals surface area contributed by atoms with Gasteiger partial charge in [-0.1, -0.05) is 4.49 Å². The number of hydrogen-bond donors (Lipinski definition) is 2. The summed E-state index contributed by atoms with van der Waals surface area (Å²) in [5, 5.41) is 21.7. The molecule has 0 spiro atoms. The fourth-order valence-electron chi connectivity index (χ4n) is 1.14. The largest absolute Gasteiger partial charge is 0.508 e. The van der Waals surface area contributed by atoms with E-state index in [1.807, 2.05) is 0 Å². The number of hydrogen-bond acceptors (Lipinski definition) is 5. The Morgan fingerprint density at radius 3 is 2.53 bits per heavy atom. The Kier molecular flexibility index (Phi) is 2.34. The van der Waals surface area contributed by atoms with E-state index in [0.29, 0.717) is 11.3 Å². The zero-order valence-electron chi connectivity index (χ0n) is 7.41. The van der Waals surface area contributed by atoms with Crippen LogP contribution in [0.5, 0.6) is 5.75 Å². The second kappa shape index (κ2) is 3.66. The smallest absolute Gasteiger partial charge is 0.349 e. The van der Waals surface area contributed by atoms with Gasteiger partial charge in [-0.15, -0.1) is 5.10 Å². The fraction of sp³-hybridized carbons (Fsp3) is 0. The molecule has 0 aliphatic rings. The fourth-order valence-corrected chi connectivity index (χ4v) is 1.67. The molecule has 5 nitrogen and oxygen atoms in total. The minimum atomic E-state index is -1.05. The number of aromatic carboxylic acids is 1. The number of rotatable bonds is 2. The van der Waals surface area contributed by atoms with Crippen molar-refractivity contribution in [3.05, 3.63) is 29.1 Å². The Morgan fingerprint density at radius 2 is 1.93 bits per heavy atom. The minimum Gasteiger partial charge on any atom is -0.508 e. The van der Waals surface area contributed by atoms with Crippen molar-refractivity contribution in [1.82, 2.24) is 9.59 Å². The maximum atomic E-state index is 10.8. The van der Waals surface area contributed by atoms with E-state index < -0.39 is 5.97 Å². The van der Waals surface area contributed by atoms with Crippen molar-refractivity contribution in [1.29, 1.82) is 0 Å². The van der Waals surface area contributed by atoms with Crippen molar-refractivity contribution in [2.75, 3.05) is 0 Å². The highest BCUT2D eigenvalue weighted by Crippen LogP contribution is 2.25. The first-order valence-electron chi connectivity index (χ1n) is 4.03. The molecule has 1 aromatic carbocycles. The van der Waals surface area contributed by atoms with Gasteiger partial charge < -0.3 is 10.2 Å². The number of aromatic nitrogens is 2. The molecule has 0 saturated carbocycles. The molecule has 2 rings (SSSR count). The topological polar surface area (TPSA) is 83.3 Å². The number of benzene rings is 1. The van der Waals surface area contributed by atoms with Crippen molar-refractivity contribution in [2.45, 2.75) is 0 Å². The molecule has 15 heavy (non-hydrogen) atoms. The molecule has 0 saturated heterocycles. The van der Waals surface area contributed by atoms with E-state index in [9.17, 15) is 4.79 Å². The highest BCUT2D eigenvalue weighted by Gasteiger charge is 2.16. The average molecular weight is 222 g/mol. The number of carboxylic acid groups (broad SMARTS) is 1. The summed E-state index contributed by atoms with van der Waals surface area (Å²) in [4.78, 5) is 10.9. The summed E-state index contributed by atoms with van der Waals surface area (Å²) < 4.78 is 3.59.